The minimum atomic E-state index is -1.00. The van der Waals surface area contributed by atoms with E-state index in [-0.39, 0.29) is 18.0 Å². The SMILES string of the molecule is COC(=O)C(Cc1ccc(C(C)(C)C)cc1O[Si](C)C)OCc1ccc(C(=O)OC(C)(C)C)cc1. The topological polar surface area (TPSA) is 71.1 Å². The van der Waals surface area contributed by atoms with Gasteiger partial charge in [-0.1, -0.05) is 45.0 Å². The maximum Gasteiger partial charge on any atom is 0.338 e. The molecular formula is C28H39O6Si. The minimum absolute atomic E-state index is 0.0191. The first-order valence-electron chi connectivity index (χ1n) is 11.8. The summed E-state index contributed by atoms with van der Waals surface area (Å²) in [6.45, 7) is 16.3. The van der Waals surface area contributed by atoms with E-state index in [0.29, 0.717) is 12.0 Å². The molecule has 0 N–H and O–H groups in total. The van der Waals surface area contributed by atoms with Gasteiger partial charge in [-0.25, -0.2) is 9.59 Å². The fourth-order valence-corrected chi connectivity index (χ4v) is 3.95. The number of rotatable bonds is 9. The maximum absolute atomic E-state index is 12.5. The summed E-state index contributed by atoms with van der Waals surface area (Å²) < 4.78 is 22.6. The van der Waals surface area contributed by atoms with E-state index in [1.165, 1.54) is 12.7 Å². The van der Waals surface area contributed by atoms with Gasteiger partial charge in [0.05, 0.1) is 19.3 Å². The zero-order valence-corrected chi connectivity index (χ0v) is 23.5. The average molecular weight is 500 g/mol. The zero-order chi connectivity index (χ0) is 26.4. The number of carbonyl (C=O) groups is 2. The molecule has 0 aromatic heterocycles. The van der Waals surface area contributed by atoms with Gasteiger partial charge in [0.2, 0.25) is 0 Å². The van der Waals surface area contributed by atoms with Crippen LogP contribution < -0.4 is 4.43 Å². The van der Waals surface area contributed by atoms with Crippen molar-refractivity contribution in [1.82, 2.24) is 0 Å². The minimum Gasteiger partial charge on any atom is -0.542 e. The molecule has 0 aliphatic carbocycles. The molecule has 35 heavy (non-hydrogen) atoms. The summed E-state index contributed by atoms with van der Waals surface area (Å²) >= 11 is 0. The molecule has 0 saturated carbocycles. The van der Waals surface area contributed by atoms with Gasteiger partial charge in [-0.2, -0.15) is 0 Å². The van der Waals surface area contributed by atoms with Gasteiger partial charge in [0.25, 0.3) is 9.04 Å². The van der Waals surface area contributed by atoms with E-state index in [2.05, 4.69) is 46.0 Å². The smallest absolute Gasteiger partial charge is 0.338 e. The number of methoxy groups -OCH3 is 1. The molecular weight excluding hydrogens is 460 g/mol. The number of ether oxygens (including phenoxy) is 3. The van der Waals surface area contributed by atoms with Crippen molar-refractivity contribution in [2.45, 2.75) is 84.8 Å². The molecule has 0 saturated heterocycles. The van der Waals surface area contributed by atoms with Crippen LogP contribution in [-0.2, 0) is 37.4 Å². The first-order chi connectivity index (χ1) is 16.2. The first-order valence-corrected chi connectivity index (χ1v) is 14.2. The monoisotopic (exact) mass is 499 g/mol. The second-order valence-corrected chi connectivity index (χ2v) is 12.8. The Hall–Kier alpha value is -2.64. The summed E-state index contributed by atoms with van der Waals surface area (Å²) in [6, 6.07) is 13.1. The molecule has 1 radical (unpaired) electrons. The van der Waals surface area contributed by atoms with Crippen LogP contribution in [0.3, 0.4) is 0 Å². The van der Waals surface area contributed by atoms with Crippen LogP contribution in [0, 0.1) is 0 Å². The van der Waals surface area contributed by atoms with Crippen LogP contribution in [0.2, 0.25) is 13.1 Å². The van der Waals surface area contributed by atoms with Crippen molar-refractivity contribution in [1.29, 1.82) is 0 Å². The molecule has 7 heteroatoms. The summed E-state index contributed by atoms with van der Waals surface area (Å²) in [7, 11) is 0.352. The highest BCUT2D eigenvalue weighted by Crippen LogP contribution is 2.30. The molecule has 0 amide bonds. The molecule has 6 nitrogen and oxygen atoms in total. The van der Waals surface area contributed by atoms with Crippen LogP contribution in [0.1, 0.15) is 68.6 Å². The molecule has 0 bridgehead atoms. The second-order valence-electron chi connectivity index (χ2n) is 10.8. The lowest BCUT2D eigenvalue weighted by molar-refractivity contribution is -0.154. The van der Waals surface area contributed by atoms with E-state index in [4.69, 9.17) is 18.6 Å². The van der Waals surface area contributed by atoms with Crippen LogP contribution in [0.5, 0.6) is 5.75 Å². The van der Waals surface area contributed by atoms with Crippen molar-refractivity contribution in [2.24, 2.45) is 0 Å². The number of benzene rings is 2. The molecule has 191 valence electrons. The van der Waals surface area contributed by atoms with Gasteiger partial charge in [-0.3, -0.25) is 0 Å². The highest BCUT2D eigenvalue weighted by atomic mass is 28.3. The van der Waals surface area contributed by atoms with Crippen molar-refractivity contribution in [3.05, 3.63) is 64.7 Å². The Kier molecular flexibility index (Phi) is 9.69. The Balaban J connectivity index is 2.17. The predicted octanol–water partition coefficient (Wildman–Crippen LogP) is 5.87. The molecule has 2 aromatic rings. The van der Waals surface area contributed by atoms with E-state index >= 15 is 0 Å². The molecule has 1 unspecified atom stereocenters. The lowest BCUT2D eigenvalue weighted by Gasteiger charge is -2.24. The summed E-state index contributed by atoms with van der Waals surface area (Å²) in [5.74, 6) is -0.0355. The number of carbonyl (C=O) groups excluding carboxylic acids is 2. The van der Waals surface area contributed by atoms with Crippen LogP contribution in [0.15, 0.2) is 42.5 Å². The Morgan fingerprint density at radius 3 is 2.09 bits per heavy atom. The zero-order valence-electron chi connectivity index (χ0n) is 22.5. The Morgan fingerprint density at radius 1 is 0.943 bits per heavy atom. The van der Waals surface area contributed by atoms with Crippen LogP contribution in [0.25, 0.3) is 0 Å². The van der Waals surface area contributed by atoms with E-state index < -0.39 is 26.7 Å². The van der Waals surface area contributed by atoms with E-state index in [0.717, 1.165) is 16.9 Å². The molecule has 2 aromatic carbocycles. The Labute approximate surface area is 211 Å². The average Bonchev–Trinajstić information content (AvgIpc) is 2.75. The largest absolute Gasteiger partial charge is 0.542 e. The van der Waals surface area contributed by atoms with Gasteiger partial charge < -0.3 is 18.6 Å². The van der Waals surface area contributed by atoms with Gasteiger partial charge in [-0.05, 0) is 74.2 Å². The third-order valence-electron chi connectivity index (χ3n) is 5.16. The highest BCUT2D eigenvalue weighted by molar-refractivity contribution is 6.49. The summed E-state index contributed by atoms with van der Waals surface area (Å²) in [6.07, 6.45) is -0.463. The third kappa shape index (κ3) is 9.15. The molecule has 0 heterocycles. The quantitative estimate of drug-likeness (QED) is 0.317. The molecule has 0 spiro atoms. The lowest BCUT2D eigenvalue weighted by atomic mass is 9.86. The van der Waals surface area contributed by atoms with E-state index in [9.17, 15) is 9.59 Å². The van der Waals surface area contributed by atoms with Crippen molar-refractivity contribution in [2.75, 3.05) is 7.11 Å². The number of hydrogen-bond acceptors (Lipinski definition) is 6. The predicted molar refractivity (Wildman–Crippen MR) is 139 cm³/mol. The normalized spacial score (nSPS) is 12.9. The molecule has 1 atom stereocenters. The lowest BCUT2D eigenvalue weighted by Crippen LogP contribution is -2.28. The van der Waals surface area contributed by atoms with Crippen molar-refractivity contribution >= 4 is 21.0 Å². The van der Waals surface area contributed by atoms with Gasteiger partial charge in [0.1, 0.15) is 11.4 Å². The summed E-state index contributed by atoms with van der Waals surface area (Å²) in [5, 5.41) is 0. The standard InChI is InChI=1S/C28H39O6Si/c1-27(2,3)22-15-14-21(23(17-22)34-35(8)9)16-24(26(30)31-7)32-18-19-10-12-20(13-11-19)25(29)33-28(4,5)6/h10-15,17,24H,16,18H2,1-9H3. The van der Waals surface area contributed by atoms with Crippen molar-refractivity contribution < 1.29 is 28.2 Å². The van der Waals surface area contributed by atoms with E-state index in [1.807, 2.05) is 26.8 Å². The van der Waals surface area contributed by atoms with Crippen LogP contribution in [-0.4, -0.2) is 39.8 Å². The number of hydrogen-bond donors (Lipinski definition) is 0. The fourth-order valence-electron chi connectivity index (χ4n) is 3.32. The van der Waals surface area contributed by atoms with Gasteiger partial charge in [0.15, 0.2) is 6.10 Å². The van der Waals surface area contributed by atoms with E-state index in [1.54, 1.807) is 24.3 Å². The first kappa shape index (κ1) is 28.6. The maximum atomic E-state index is 12.5. The molecule has 0 aliphatic heterocycles. The molecule has 2 rings (SSSR count). The summed E-state index contributed by atoms with van der Waals surface area (Å²) in [4.78, 5) is 24.8. The number of esters is 2. The van der Waals surface area contributed by atoms with Crippen LogP contribution >= 0.6 is 0 Å². The van der Waals surface area contributed by atoms with Crippen molar-refractivity contribution in [3.8, 4) is 5.75 Å². The Morgan fingerprint density at radius 2 is 1.57 bits per heavy atom. The summed E-state index contributed by atoms with van der Waals surface area (Å²) in [5.41, 5.74) is 2.79. The molecule has 0 aliphatic rings. The van der Waals surface area contributed by atoms with Gasteiger partial charge in [-0.15, -0.1) is 0 Å². The molecule has 0 fully saturated rings. The van der Waals surface area contributed by atoms with Gasteiger partial charge in [0, 0.05) is 6.42 Å². The second kappa shape index (κ2) is 11.9. The van der Waals surface area contributed by atoms with Crippen LogP contribution in [0.4, 0.5) is 0 Å². The third-order valence-corrected chi connectivity index (χ3v) is 5.78. The fraction of sp³-hybridized carbons (Fsp3) is 0.500. The van der Waals surface area contributed by atoms with Crippen molar-refractivity contribution in [3.63, 3.8) is 0 Å². The Bertz CT molecular complexity index is 1000. The van der Waals surface area contributed by atoms with Gasteiger partial charge >= 0.3 is 11.9 Å². The highest BCUT2D eigenvalue weighted by Gasteiger charge is 2.25.